The third-order valence-electron chi connectivity index (χ3n) is 4.78. The average molecular weight is 452 g/mol. The minimum absolute atomic E-state index is 0.0569. The van der Waals surface area contributed by atoms with Crippen LogP contribution in [0, 0.1) is 0 Å². The topological polar surface area (TPSA) is 113 Å². The van der Waals surface area contributed by atoms with E-state index in [9.17, 15) is 21.6 Å². The van der Waals surface area contributed by atoms with Crippen LogP contribution in [0.15, 0.2) is 47.4 Å². The van der Waals surface area contributed by atoms with Crippen molar-refractivity contribution < 1.29 is 21.6 Å². The fourth-order valence-corrected chi connectivity index (χ4v) is 5.88. The lowest BCUT2D eigenvalue weighted by Crippen LogP contribution is -2.37. The van der Waals surface area contributed by atoms with E-state index in [1.165, 1.54) is 35.5 Å². The first-order valence-electron chi connectivity index (χ1n) is 9.61. The lowest BCUT2D eigenvalue weighted by Gasteiger charge is -2.28. The molecule has 2 aromatic rings. The van der Waals surface area contributed by atoms with Crippen LogP contribution >= 0.6 is 0 Å². The van der Waals surface area contributed by atoms with Gasteiger partial charge in [0, 0.05) is 31.4 Å². The maximum Gasteiger partial charge on any atom is 0.261 e. The Morgan fingerprint density at radius 2 is 1.67 bits per heavy atom. The number of benzene rings is 2. The van der Waals surface area contributed by atoms with E-state index < -0.39 is 20.0 Å². The first-order valence-corrected chi connectivity index (χ1v) is 12.7. The highest BCUT2D eigenvalue weighted by Crippen LogP contribution is 2.26. The Balaban J connectivity index is 1.79. The number of hydrogen-bond acceptors (Lipinski definition) is 5. The number of rotatable bonds is 7. The van der Waals surface area contributed by atoms with Crippen LogP contribution in [0.1, 0.15) is 31.4 Å². The van der Waals surface area contributed by atoms with Crippen molar-refractivity contribution in [1.82, 2.24) is 4.31 Å². The standard InChI is InChI=1S/C20H25N3O5S2/c1-3-12-29(25,26)23-11-10-16-4-5-19(13-17(16)14-23)22-30(27,28)20-8-6-18(7-9-20)21-15(2)24/h4-9,13,22H,3,10-12,14H2,1-2H3,(H,21,24). The van der Waals surface area contributed by atoms with Crippen molar-refractivity contribution >= 4 is 37.3 Å². The molecular weight excluding hydrogens is 426 g/mol. The van der Waals surface area contributed by atoms with Crippen molar-refractivity contribution in [3.05, 3.63) is 53.6 Å². The number of amides is 1. The summed E-state index contributed by atoms with van der Waals surface area (Å²) in [4.78, 5) is 11.1. The predicted octanol–water partition coefficient (Wildman–Crippen LogP) is 2.54. The van der Waals surface area contributed by atoms with Crippen molar-refractivity contribution in [1.29, 1.82) is 0 Å². The van der Waals surface area contributed by atoms with Crippen molar-refractivity contribution in [2.45, 2.75) is 38.1 Å². The second-order valence-electron chi connectivity index (χ2n) is 7.19. The van der Waals surface area contributed by atoms with Crippen LogP contribution in [0.5, 0.6) is 0 Å². The largest absolute Gasteiger partial charge is 0.326 e. The van der Waals surface area contributed by atoms with Gasteiger partial charge in [0.25, 0.3) is 10.0 Å². The van der Waals surface area contributed by atoms with Gasteiger partial charge < -0.3 is 5.32 Å². The van der Waals surface area contributed by atoms with Gasteiger partial charge in [0.05, 0.1) is 10.6 Å². The average Bonchev–Trinajstić information content (AvgIpc) is 2.67. The minimum atomic E-state index is -3.83. The number of sulfonamides is 2. The summed E-state index contributed by atoms with van der Waals surface area (Å²) in [7, 11) is -7.15. The molecule has 30 heavy (non-hydrogen) atoms. The van der Waals surface area contributed by atoms with Crippen LogP contribution in [-0.2, 0) is 37.8 Å². The van der Waals surface area contributed by atoms with Crippen LogP contribution in [0.2, 0.25) is 0 Å². The molecule has 0 bridgehead atoms. The second kappa shape index (κ2) is 8.75. The third-order valence-corrected chi connectivity index (χ3v) is 8.20. The van der Waals surface area contributed by atoms with Gasteiger partial charge in [0.2, 0.25) is 15.9 Å². The molecule has 0 radical (unpaired) electrons. The SMILES string of the molecule is CCCS(=O)(=O)N1CCc2ccc(NS(=O)(=O)c3ccc(NC(C)=O)cc3)cc2C1. The summed E-state index contributed by atoms with van der Waals surface area (Å²) >= 11 is 0. The van der Waals surface area contributed by atoms with Crippen molar-refractivity contribution in [3.63, 3.8) is 0 Å². The summed E-state index contributed by atoms with van der Waals surface area (Å²) in [5, 5.41) is 2.58. The molecule has 0 atom stereocenters. The highest BCUT2D eigenvalue weighted by molar-refractivity contribution is 7.92. The molecule has 2 aromatic carbocycles. The first kappa shape index (κ1) is 22.3. The Bertz CT molecular complexity index is 1140. The van der Waals surface area contributed by atoms with E-state index in [0.717, 1.165) is 11.1 Å². The molecule has 1 amide bonds. The fraction of sp³-hybridized carbons (Fsp3) is 0.350. The predicted molar refractivity (Wildman–Crippen MR) is 116 cm³/mol. The summed E-state index contributed by atoms with van der Waals surface area (Å²) in [5.74, 6) is -0.142. The Morgan fingerprint density at radius 1 is 1.00 bits per heavy atom. The number of hydrogen-bond donors (Lipinski definition) is 2. The molecule has 0 aliphatic carbocycles. The maximum absolute atomic E-state index is 12.7. The molecule has 2 N–H and O–H groups in total. The quantitative estimate of drug-likeness (QED) is 0.672. The number of carbonyl (C=O) groups excluding carboxylic acids is 1. The number of nitrogens with zero attached hydrogens (tertiary/aromatic N) is 1. The summed E-state index contributed by atoms with van der Waals surface area (Å²) in [6.45, 7) is 3.86. The Hall–Kier alpha value is -2.43. The zero-order valence-corrected chi connectivity index (χ0v) is 18.5. The fourth-order valence-electron chi connectivity index (χ4n) is 3.35. The van der Waals surface area contributed by atoms with Crippen LogP contribution in [0.3, 0.4) is 0 Å². The molecule has 8 nitrogen and oxygen atoms in total. The number of nitrogens with one attached hydrogen (secondary N) is 2. The Labute approximate surface area is 177 Å². The van der Waals surface area contributed by atoms with Crippen LogP contribution in [0.25, 0.3) is 0 Å². The summed E-state index contributed by atoms with van der Waals surface area (Å²) in [6, 6.07) is 11.0. The van der Waals surface area contributed by atoms with Crippen LogP contribution in [0.4, 0.5) is 11.4 Å². The van der Waals surface area contributed by atoms with Gasteiger partial charge in [-0.05, 0) is 60.4 Å². The van der Waals surface area contributed by atoms with E-state index in [1.807, 2.05) is 13.0 Å². The molecule has 0 spiro atoms. The Morgan fingerprint density at radius 3 is 2.30 bits per heavy atom. The van der Waals surface area contributed by atoms with Crippen LogP contribution in [-0.4, -0.2) is 39.3 Å². The Kier molecular flexibility index (Phi) is 6.49. The summed E-state index contributed by atoms with van der Waals surface area (Å²) in [5.41, 5.74) is 2.68. The van der Waals surface area contributed by atoms with E-state index in [4.69, 9.17) is 0 Å². The first-order chi connectivity index (χ1) is 14.1. The number of fused-ring (bicyclic) bond motifs is 1. The van der Waals surface area contributed by atoms with Gasteiger partial charge in [0.15, 0.2) is 0 Å². The molecular formula is C20H25N3O5S2. The minimum Gasteiger partial charge on any atom is -0.326 e. The molecule has 1 heterocycles. The van der Waals surface area contributed by atoms with Crippen molar-refractivity contribution in [2.75, 3.05) is 22.3 Å². The van der Waals surface area contributed by atoms with Gasteiger partial charge in [-0.15, -0.1) is 0 Å². The van der Waals surface area contributed by atoms with Gasteiger partial charge in [-0.3, -0.25) is 9.52 Å². The lowest BCUT2D eigenvalue weighted by atomic mass is 10.0. The molecule has 162 valence electrons. The smallest absolute Gasteiger partial charge is 0.261 e. The van der Waals surface area contributed by atoms with Crippen molar-refractivity contribution in [2.24, 2.45) is 0 Å². The third kappa shape index (κ3) is 5.18. The van der Waals surface area contributed by atoms with Gasteiger partial charge >= 0.3 is 0 Å². The molecule has 0 fully saturated rings. The highest BCUT2D eigenvalue weighted by Gasteiger charge is 2.26. The number of carbonyl (C=O) groups is 1. The molecule has 3 rings (SSSR count). The zero-order valence-electron chi connectivity index (χ0n) is 16.9. The maximum atomic E-state index is 12.7. The molecule has 1 aliphatic heterocycles. The van der Waals surface area contributed by atoms with E-state index in [-0.39, 0.29) is 23.1 Å². The summed E-state index contributed by atoms with van der Waals surface area (Å²) in [6.07, 6.45) is 1.14. The monoisotopic (exact) mass is 451 g/mol. The number of anilines is 2. The molecule has 10 heteroatoms. The molecule has 0 saturated heterocycles. The molecule has 0 unspecified atom stereocenters. The molecule has 1 aliphatic rings. The van der Waals surface area contributed by atoms with Gasteiger partial charge in [-0.2, -0.15) is 4.31 Å². The lowest BCUT2D eigenvalue weighted by molar-refractivity contribution is -0.114. The second-order valence-corrected chi connectivity index (χ2v) is 11.0. The highest BCUT2D eigenvalue weighted by atomic mass is 32.2. The van der Waals surface area contributed by atoms with Gasteiger partial charge in [-0.25, -0.2) is 16.8 Å². The normalized spacial score (nSPS) is 14.7. The van der Waals surface area contributed by atoms with Gasteiger partial charge in [-0.1, -0.05) is 13.0 Å². The van der Waals surface area contributed by atoms with E-state index >= 15 is 0 Å². The van der Waals surface area contributed by atoms with Gasteiger partial charge in [0.1, 0.15) is 0 Å². The zero-order chi connectivity index (χ0) is 21.9. The van der Waals surface area contributed by atoms with E-state index in [0.29, 0.717) is 30.8 Å². The van der Waals surface area contributed by atoms with Crippen molar-refractivity contribution in [3.8, 4) is 0 Å². The van der Waals surface area contributed by atoms with Crippen LogP contribution < -0.4 is 10.0 Å². The van der Waals surface area contributed by atoms with E-state index in [1.54, 1.807) is 12.1 Å². The molecule has 0 aromatic heterocycles. The molecule has 0 saturated carbocycles. The summed E-state index contributed by atoms with van der Waals surface area (Å²) < 4.78 is 54.2. The van der Waals surface area contributed by atoms with E-state index in [2.05, 4.69) is 10.0 Å².